The first kappa shape index (κ1) is 19.4. The normalized spacial score (nSPS) is 17.7. The molecule has 140 valence electrons. The summed E-state index contributed by atoms with van der Waals surface area (Å²) in [5, 5.41) is 1.23. The van der Waals surface area contributed by atoms with Crippen molar-refractivity contribution < 1.29 is 4.79 Å². The minimum Gasteiger partial charge on any atom is -0.342 e. The molecule has 1 saturated heterocycles. The van der Waals surface area contributed by atoms with E-state index in [2.05, 4.69) is 27.8 Å². The van der Waals surface area contributed by atoms with Crippen molar-refractivity contribution in [2.45, 2.75) is 44.8 Å². The molecule has 0 spiro atoms. The number of nitrogens with zero attached hydrogens (tertiary/aromatic N) is 3. The quantitative estimate of drug-likeness (QED) is 0.525. The molecule has 7 heteroatoms. The molecule has 1 aromatic carbocycles. The molecule has 0 radical (unpaired) electrons. The third kappa shape index (κ3) is 4.31. The molecule has 2 aromatic rings. The molecule has 1 aliphatic heterocycles. The molecule has 3 rings (SSSR count). The molecule has 1 atom stereocenters. The average molecular weight is 438 g/mol. The topological polar surface area (TPSA) is 55.2 Å². The SMILES string of the molecule is CCCn1c(SCC(=O)N2CCCC(C)C2)nc2ccc(Br)cc2c1=O. The maximum atomic E-state index is 12.9. The van der Waals surface area contributed by atoms with Crippen LogP contribution in [0.5, 0.6) is 0 Å². The molecular formula is C19H24BrN3O2S. The predicted molar refractivity (Wildman–Crippen MR) is 110 cm³/mol. The predicted octanol–water partition coefficient (Wildman–Crippen LogP) is 3.92. The van der Waals surface area contributed by atoms with Crippen molar-refractivity contribution in [3.63, 3.8) is 0 Å². The zero-order valence-electron chi connectivity index (χ0n) is 15.2. The van der Waals surface area contributed by atoms with Gasteiger partial charge in [0.1, 0.15) is 0 Å². The van der Waals surface area contributed by atoms with E-state index in [1.54, 1.807) is 4.57 Å². The Balaban J connectivity index is 1.84. The van der Waals surface area contributed by atoms with Gasteiger partial charge in [-0.25, -0.2) is 4.98 Å². The summed E-state index contributed by atoms with van der Waals surface area (Å²) in [4.78, 5) is 32.0. The number of thioether (sulfide) groups is 1. The van der Waals surface area contributed by atoms with E-state index in [1.807, 2.05) is 30.0 Å². The number of carbonyl (C=O) groups excluding carboxylic acids is 1. The van der Waals surface area contributed by atoms with E-state index < -0.39 is 0 Å². The zero-order chi connectivity index (χ0) is 18.7. The summed E-state index contributed by atoms with van der Waals surface area (Å²) in [6.07, 6.45) is 3.10. The smallest absolute Gasteiger partial charge is 0.262 e. The fourth-order valence-electron chi connectivity index (χ4n) is 3.34. The highest BCUT2D eigenvalue weighted by Crippen LogP contribution is 2.22. The lowest BCUT2D eigenvalue weighted by Crippen LogP contribution is -2.40. The molecule has 0 saturated carbocycles. The van der Waals surface area contributed by atoms with Crippen molar-refractivity contribution in [2.75, 3.05) is 18.8 Å². The number of fused-ring (bicyclic) bond motifs is 1. The van der Waals surface area contributed by atoms with Gasteiger partial charge in [-0.3, -0.25) is 14.2 Å². The molecule has 0 aliphatic carbocycles. The molecule has 2 heterocycles. The van der Waals surface area contributed by atoms with Crippen molar-refractivity contribution in [1.82, 2.24) is 14.5 Å². The summed E-state index contributed by atoms with van der Waals surface area (Å²) in [6.45, 7) is 6.50. The lowest BCUT2D eigenvalue weighted by atomic mass is 10.0. The van der Waals surface area contributed by atoms with Crippen molar-refractivity contribution in [3.05, 3.63) is 33.0 Å². The highest BCUT2D eigenvalue weighted by atomic mass is 79.9. The summed E-state index contributed by atoms with van der Waals surface area (Å²) in [6, 6.07) is 5.54. The van der Waals surface area contributed by atoms with Crippen LogP contribution in [0.1, 0.15) is 33.1 Å². The van der Waals surface area contributed by atoms with Gasteiger partial charge in [-0.05, 0) is 43.4 Å². The molecular weight excluding hydrogens is 414 g/mol. The number of carbonyl (C=O) groups is 1. The number of benzene rings is 1. The van der Waals surface area contributed by atoms with Gasteiger partial charge in [-0.2, -0.15) is 0 Å². The fourth-order valence-corrected chi connectivity index (χ4v) is 4.63. The van der Waals surface area contributed by atoms with Crippen LogP contribution in [-0.4, -0.2) is 39.2 Å². The summed E-state index contributed by atoms with van der Waals surface area (Å²) in [5.41, 5.74) is 0.631. The van der Waals surface area contributed by atoms with Gasteiger partial charge in [0.05, 0.1) is 16.7 Å². The van der Waals surface area contributed by atoms with Crippen molar-refractivity contribution in [1.29, 1.82) is 0 Å². The highest BCUT2D eigenvalue weighted by molar-refractivity contribution is 9.10. The van der Waals surface area contributed by atoms with Crippen LogP contribution in [0.3, 0.4) is 0 Å². The zero-order valence-corrected chi connectivity index (χ0v) is 17.6. The number of hydrogen-bond donors (Lipinski definition) is 0. The Morgan fingerprint density at radius 2 is 2.23 bits per heavy atom. The average Bonchev–Trinajstić information content (AvgIpc) is 2.63. The van der Waals surface area contributed by atoms with E-state index >= 15 is 0 Å². The second-order valence-corrected chi connectivity index (χ2v) is 8.75. The molecule has 5 nitrogen and oxygen atoms in total. The van der Waals surface area contributed by atoms with E-state index in [0.717, 1.165) is 30.4 Å². The van der Waals surface area contributed by atoms with Gasteiger partial charge in [-0.15, -0.1) is 0 Å². The van der Waals surface area contributed by atoms with Crippen LogP contribution < -0.4 is 5.56 Å². The molecule has 0 N–H and O–H groups in total. The Hall–Kier alpha value is -1.34. The first-order valence-electron chi connectivity index (χ1n) is 9.10. The van der Waals surface area contributed by atoms with Crippen LogP contribution >= 0.6 is 27.7 Å². The second-order valence-electron chi connectivity index (χ2n) is 6.89. The van der Waals surface area contributed by atoms with Gasteiger partial charge >= 0.3 is 0 Å². The van der Waals surface area contributed by atoms with Gasteiger partial charge < -0.3 is 4.90 Å². The van der Waals surface area contributed by atoms with Gasteiger partial charge in [0.2, 0.25) is 5.91 Å². The molecule has 1 aromatic heterocycles. The molecule has 1 unspecified atom stereocenters. The fraction of sp³-hybridized carbons (Fsp3) is 0.526. The van der Waals surface area contributed by atoms with Crippen LogP contribution in [0.15, 0.2) is 32.6 Å². The van der Waals surface area contributed by atoms with E-state index in [1.165, 1.54) is 18.2 Å². The third-order valence-corrected chi connectivity index (χ3v) is 6.12. The van der Waals surface area contributed by atoms with Crippen LogP contribution in [-0.2, 0) is 11.3 Å². The van der Waals surface area contributed by atoms with Gasteiger partial charge in [0.25, 0.3) is 5.56 Å². The Labute approximate surface area is 166 Å². The molecule has 1 amide bonds. The lowest BCUT2D eigenvalue weighted by molar-refractivity contribution is -0.130. The van der Waals surface area contributed by atoms with E-state index in [9.17, 15) is 9.59 Å². The number of hydrogen-bond acceptors (Lipinski definition) is 4. The minimum atomic E-state index is -0.0420. The molecule has 0 bridgehead atoms. The summed E-state index contributed by atoms with van der Waals surface area (Å²) in [7, 11) is 0. The monoisotopic (exact) mass is 437 g/mol. The second kappa shape index (κ2) is 8.57. The summed E-state index contributed by atoms with van der Waals surface area (Å²) in [5.74, 6) is 1.02. The van der Waals surface area contributed by atoms with Crippen LogP contribution in [0, 0.1) is 5.92 Å². The van der Waals surface area contributed by atoms with Gasteiger partial charge in [-0.1, -0.05) is 41.5 Å². The minimum absolute atomic E-state index is 0.0420. The Morgan fingerprint density at radius 1 is 1.42 bits per heavy atom. The van der Waals surface area contributed by atoms with Gasteiger partial charge in [0.15, 0.2) is 5.16 Å². The Kier molecular flexibility index (Phi) is 6.40. The van der Waals surface area contributed by atoms with Crippen LogP contribution in [0.25, 0.3) is 10.9 Å². The Morgan fingerprint density at radius 3 is 2.96 bits per heavy atom. The molecule has 1 aliphatic rings. The van der Waals surface area contributed by atoms with Gasteiger partial charge in [0, 0.05) is 24.1 Å². The maximum Gasteiger partial charge on any atom is 0.262 e. The maximum absolute atomic E-state index is 12.9. The number of aromatic nitrogens is 2. The number of piperidine rings is 1. The number of halogens is 1. The first-order valence-corrected chi connectivity index (χ1v) is 10.9. The third-order valence-electron chi connectivity index (χ3n) is 4.66. The van der Waals surface area contributed by atoms with E-state index in [-0.39, 0.29) is 11.5 Å². The molecule has 1 fully saturated rings. The van der Waals surface area contributed by atoms with E-state index in [0.29, 0.717) is 34.3 Å². The Bertz CT molecular complexity index is 868. The van der Waals surface area contributed by atoms with Crippen LogP contribution in [0.2, 0.25) is 0 Å². The molecule has 26 heavy (non-hydrogen) atoms. The number of amides is 1. The summed E-state index contributed by atoms with van der Waals surface area (Å²) >= 11 is 4.79. The lowest BCUT2D eigenvalue weighted by Gasteiger charge is -2.30. The highest BCUT2D eigenvalue weighted by Gasteiger charge is 2.21. The van der Waals surface area contributed by atoms with Crippen molar-refractivity contribution >= 4 is 44.5 Å². The van der Waals surface area contributed by atoms with Crippen LogP contribution in [0.4, 0.5) is 0 Å². The van der Waals surface area contributed by atoms with Crippen molar-refractivity contribution in [2.24, 2.45) is 5.92 Å². The summed E-state index contributed by atoms with van der Waals surface area (Å²) < 4.78 is 2.56. The number of likely N-dealkylation sites (tertiary alicyclic amines) is 1. The largest absolute Gasteiger partial charge is 0.342 e. The standard InChI is InChI=1S/C19H24BrN3O2S/c1-3-8-23-18(25)15-10-14(20)6-7-16(15)21-19(23)26-12-17(24)22-9-4-5-13(2)11-22/h6-7,10,13H,3-5,8-9,11-12H2,1-2H3. The first-order chi connectivity index (χ1) is 12.5. The van der Waals surface area contributed by atoms with Crippen molar-refractivity contribution in [3.8, 4) is 0 Å². The number of rotatable bonds is 5. The van der Waals surface area contributed by atoms with E-state index in [4.69, 9.17) is 0 Å².